The Morgan fingerprint density at radius 1 is 1.25 bits per heavy atom. The number of carbonyl (C=O) groups excluding carboxylic acids is 1. The molecule has 1 fully saturated rings. The van der Waals surface area contributed by atoms with Gasteiger partial charge in [0.15, 0.2) is 9.84 Å². The fourth-order valence-electron chi connectivity index (χ4n) is 2.78. The Kier molecular flexibility index (Phi) is 6.71. The van der Waals surface area contributed by atoms with Gasteiger partial charge in [-0.2, -0.15) is 0 Å². The number of likely N-dealkylation sites (N-methyl/N-ethyl adjacent to an activating group) is 1. The van der Waals surface area contributed by atoms with Crippen molar-refractivity contribution < 1.29 is 13.2 Å². The van der Waals surface area contributed by atoms with Crippen LogP contribution in [0.15, 0.2) is 29.2 Å². The molecule has 0 unspecified atom stereocenters. The summed E-state index contributed by atoms with van der Waals surface area (Å²) in [5, 5.41) is 0. The smallest absolute Gasteiger partial charge is 0.233 e. The van der Waals surface area contributed by atoms with Crippen molar-refractivity contribution in [3.63, 3.8) is 0 Å². The first-order chi connectivity index (χ1) is 11.3. The van der Waals surface area contributed by atoms with Crippen LogP contribution >= 0.6 is 11.8 Å². The molecule has 1 aliphatic rings. The Hall–Kier alpha value is -1.05. The van der Waals surface area contributed by atoms with Gasteiger partial charge in [-0.1, -0.05) is 18.2 Å². The molecule has 0 spiro atoms. The molecule has 7 heteroatoms. The average Bonchev–Trinajstić information content (AvgIpc) is 2.86. The third-order valence-electron chi connectivity index (χ3n) is 4.20. The molecule has 0 radical (unpaired) electrons. The van der Waals surface area contributed by atoms with Crippen LogP contribution in [0.4, 0.5) is 0 Å². The molecule has 2 rings (SSSR count). The highest BCUT2D eigenvalue weighted by atomic mass is 32.2. The normalized spacial score (nSPS) is 19.6. The van der Waals surface area contributed by atoms with Crippen molar-refractivity contribution in [2.24, 2.45) is 0 Å². The number of benzene rings is 1. The molecule has 5 nitrogen and oxygen atoms in total. The molecule has 1 saturated heterocycles. The zero-order valence-corrected chi connectivity index (χ0v) is 16.2. The minimum absolute atomic E-state index is 0.0206. The molecule has 1 aliphatic heterocycles. The highest BCUT2D eigenvalue weighted by Gasteiger charge is 2.34. The fourth-order valence-corrected chi connectivity index (χ4v) is 5.43. The van der Waals surface area contributed by atoms with Gasteiger partial charge in [-0.15, -0.1) is 11.8 Å². The summed E-state index contributed by atoms with van der Waals surface area (Å²) in [5.41, 5.74) is 1.15. The van der Waals surface area contributed by atoms with E-state index in [2.05, 4.69) is 0 Å². The van der Waals surface area contributed by atoms with Crippen LogP contribution in [0.5, 0.6) is 0 Å². The first kappa shape index (κ1) is 19.3. The summed E-state index contributed by atoms with van der Waals surface area (Å²) in [5.74, 6) is 0.650. The van der Waals surface area contributed by atoms with E-state index in [1.807, 2.05) is 50.2 Å². The lowest BCUT2D eigenvalue weighted by atomic mass is 10.2. The van der Waals surface area contributed by atoms with Crippen LogP contribution in [0.2, 0.25) is 0 Å². The number of sulfone groups is 1. The number of amides is 1. The zero-order chi connectivity index (χ0) is 17.7. The van der Waals surface area contributed by atoms with Gasteiger partial charge in [0.1, 0.15) is 0 Å². The summed E-state index contributed by atoms with van der Waals surface area (Å²) >= 11 is 1.52. The SMILES string of the molecule is Cc1ccccc1SCC(=O)N(CCN(C)C)[C@H]1CCS(=O)(=O)C1. The molecular formula is C17H26N2O3S2. The predicted octanol–water partition coefficient (Wildman–Crippen LogP) is 1.66. The van der Waals surface area contributed by atoms with E-state index in [4.69, 9.17) is 0 Å². The van der Waals surface area contributed by atoms with Crippen molar-refractivity contribution >= 4 is 27.5 Å². The van der Waals surface area contributed by atoms with Crippen molar-refractivity contribution in [2.45, 2.75) is 24.3 Å². The van der Waals surface area contributed by atoms with Crippen LogP contribution < -0.4 is 0 Å². The van der Waals surface area contributed by atoms with E-state index in [1.165, 1.54) is 11.8 Å². The number of nitrogens with zero attached hydrogens (tertiary/aromatic N) is 2. The molecule has 24 heavy (non-hydrogen) atoms. The number of carbonyl (C=O) groups is 1. The van der Waals surface area contributed by atoms with Gasteiger partial charge in [-0.25, -0.2) is 8.42 Å². The molecule has 1 heterocycles. The number of rotatable bonds is 7. The van der Waals surface area contributed by atoms with E-state index >= 15 is 0 Å². The van der Waals surface area contributed by atoms with Crippen molar-refractivity contribution in [1.29, 1.82) is 0 Å². The molecule has 0 saturated carbocycles. The third-order valence-corrected chi connectivity index (χ3v) is 7.11. The molecule has 134 valence electrons. The quantitative estimate of drug-likeness (QED) is 0.683. The molecule has 0 aliphatic carbocycles. The lowest BCUT2D eigenvalue weighted by Crippen LogP contribution is -2.45. The van der Waals surface area contributed by atoms with Crippen molar-refractivity contribution in [3.8, 4) is 0 Å². The molecule has 1 aromatic carbocycles. The standard InChI is InChI=1S/C17H26N2O3S2/c1-14-6-4-5-7-16(14)23-12-17(20)19(10-9-18(2)3)15-8-11-24(21,22)13-15/h4-7,15H,8-13H2,1-3H3/t15-/m0/s1. The van der Waals surface area contributed by atoms with Crippen molar-refractivity contribution in [1.82, 2.24) is 9.80 Å². The summed E-state index contributed by atoms with van der Waals surface area (Å²) in [6.07, 6.45) is 0.552. The topological polar surface area (TPSA) is 57.7 Å². The van der Waals surface area contributed by atoms with E-state index in [0.29, 0.717) is 18.7 Å². The number of hydrogen-bond donors (Lipinski definition) is 0. The number of thioether (sulfide) groups is 1. The van der Waals surface area contributed by atoms with E-state index in [0.717, 1.165) is 17.0 Å². The van der Waals surface area contributed by atoms with Gasteiger partial charge in [0, 0.05) is 24.0 Å². The number of hydrogen-bond acceptors (Lipinski definition) is 5. The monoisotopic (exact) mass is 370 g/mol. The summed E-state index contributed by atoms with van der Waals surface area (Å²) in [6, 6.07) is 7.80. The first-order valence-corrected chi connectivity index (χ1v) is 10.9. The van der Waals surface area contributed by atoms with E-state index in [1.54, 1.807) is 4.90 Å². The van der Waals surface area contributed by atoms with Gasteiger partial charge in [0.2, 0.25) is 5.91 Å². The maximum atomic E-state index is 12.7. The summed E-state index contributed by atoms with van der Waals surface area (Å²) in [7, 11) is 0.908. The van der Waals surface area contributed by atoms with Gasteiger partial charge < -0.3 is 9.80 Å². The van der Waals surface area contributed by atoms with Crippen LogP contribution in [0.25, 0.3) is 0 Å². The van der Waals surface area contributed by atoms with Gasteiger partial charge in [-0.3, -0.25) is 4.79 Å². The van der Waals surface area contributed by atoms with E-state index < -0.39 is 9.84 Å². The number of aryl methyl sites for hydroxylation is 1. The summed E-state index contributed by atoms with van der Waals surface area (Å²) < 4.78 is 23.6. The van der Waals surface area contributed by atoms with Gasteiger partial charge in [0.05, 0.1) is 17.3 Å². The van der Waals surface area contributed by atoms with Gasteiger partial charge in [0.25, 0.3) is 0 Å². The lowest BCUT2D eigenvalue weighted by Gasteiger charge is -2.29. The van der Waals surface area contributed by atoms with E-state index in [-0.39, 0.29) is 23.5 Å². The van der Waals surface area contributed by atoms with Crippen LogP contribution in [-0.4, -0.2) is 74.6 Å². The maximum absolute atomic E-state index is 12.7. The molecule has 0 aromatic heterocycles. The fraction of sp³-hybridized carbons (Fsp3) is 0.588. The zero-order valence-electron chi connectivity index (χ0n) is 14.6. The average molecular weight is 371 g/mol. The Morgan fingerprint density at radius 3 is 2.54 bits per heavy atom. The lowest BCUT2D eigenvalue weighted by molar-refractivity contribution is -0.130. The second-order valence-electron chi connectivity index (χ2n) is 6.50. The highest BCUT2D eigenvalue weighted by Crippen LogP contribution is 2.24. The Labute approximate surface area is 149 Å². The summed E-state index contributed by atoms with van der Waals surface area (Å²) in [6.45, 7) is 3.33. The van der Waals surface area contributed by atoms with Crippen molar-refractivity contribution in [2.75, 3.05) is 44.4 Å². The Morgan fingerprint density at radius 2 is 1.96 bits per heavy atom. The molecular weight excluding hydrogens is 344 g/mol. The van der Waals surface area contributed by atoms with Gasteiger partial charge >= 0.3 is 0 Å². The van der Waals surface area contributed by atoms with Crippen LogP contribution in [0.3, 0.4) is 0 Å². The Bertz CT molecular complexity index is 674. The molecule has 1 aromatic rings. The predicted molar refractivity (Wildman–Crippen MR) is 99.2 cm³/mol. The maximum Gasteiger partial charge on any atom is 0.233 e. The minimum Gasteiger partial charge on any atom is -0.337 e. The second-order valence-corrected chi connectivity index (χ2v) is 9.75. The van der Waals surface area contributed by atoms with Gasteiger partial charge in [-0.05, 0) is 39.1 Å². The second kappa shape index (κ2) is 8.36. The highest BCUT2D eigenvalue weighted by molar-refractivity contribution is 8.00. The third kappa shape index (κ3) is 5.50. The minimum atomic E-state index is -3.00. The first-order valence-electron chi connectivity index (χ1n) is 8.11. The van der Waals surface area contributed by atoms with Crippen LogP contribution in [0.1, 0.15) is 12.0 Å². The van der Waals surface area contributed by atoms with Crippen molar-refractivity contribution in [3.05, 3.63) is 29.8 Å². The molecule has 1 atom stereocenters. The molecule has 0 bridgehead atoms. The van der Waals surface area contributed by atoms with Crippen LogP contribution in [0, 0.1) is 6.92 Å². The van der Waals surface area contributed by atoms with E-state index in [9.17, 15) is 13.2 Å². The Balaban J connectivity index is 2.02. The largest absolute Gasteiger partial charge is 0.337 e. The summed E-state index contributed by atoms with van der Waals surface area (Å²) in [4.78, 5) is 17.6. The molecule has 0 N–H and O–H groups in total. The van der Waals surface area contributed by atoms with Crippen LogP contribution in [-0.2, 0) is 14.6 Å². The molecule has 1 amide bonds.